The van der Waals surface area contributed by atoms with Crippen LogP contribution >= 0.6 is 35.0 Å². The van der Waals surface area contributed by atoms with Gasteiger partial charge in [-0.3, -0.25) is 9.59 Å². The first-order valence-electron chi connectivity index (χ1n) is 8.74. The summed E-state index contributed by atoms with van der Waals surface area (Å²) in [6.07, 6.45) is 1.35. The number of hydrogen-bond acceptors (Lipinski definition) is 3. The maximum absolute atomic E-state index is 12.5. The van der Waals surface area contributed by atoms with E-state index in [1.54, 1.807) is 18.2 Å². The van der Waals surface area contributed by atoms with Crippen molar-refractivity contribution in [3.63, 3.8) is 0 Å². The lowest BCUT2D eigenvalue weighted by atomic mass is 9.96. The van der Waals surface area contributed by atoms with E-state index in [0.717, 1.165) is 10.6 Å². The third-order valence-corrected chi connectivity index (χ3v) is 6.22. The lowest BCUT2D eigenvalue weighted by Crippen LogP contribution is -2.42. The first-order valence-corrected chi connectivity index (χ1v) is 10.5. The highest BCUT2D eigenvalue weighted by molar-refractivity contribution is 8.00. The minimum absolute atomic E-state index is 0.0217. The average Bonchev–Trinajstić information content (AvgIpc) is 2.69. The van der Waals surface area contributed by atoms with Gasteiger partial charge in [0, 0.05) is 34.6 Å². The highest BCUT2D eigenvalue weighted by Gasteiger charge is 2.27. The molecule has 1 aliphatic rings. The number of thioether (sulfide) groups is 1. The standard InChI is InChI=1S/C20H20Cl2N2O2S/c21-15-6-7-17(22)18(12-15)27-13-19(25)24-10-8-14(9-11-24)20(26)23-16-4-2-1-3-5-16/h1-7,12,14H,8-11,13H2,(H,23,26). The summed E-state index contributed by atoms with van der Waals surface area (Å²) in [5.41, 5.74) is 0.802. The predicted octanol–water partition coefficient (Wildman–Crippen LogP) is 4.96. The number of halogens is 2. The largest absolute Gasteiger partial charge is 0.342 e. The first kappa shape index (κ1) is 20.1. The highest BCUT2D eigenvalue weighted by atomic mass is 35.5. The molecule has 1 N–H and O–H groups in total. The van der Waals surface area contributed by atoms with Gasteiger partial charge in [0.2, 0.25) is 11.8 Å². The topological polar surface area (TPSA) is 49.4 Å². The van der Waals surface area contributed by atoms with Crippen LogP contribution in [0.5, 0.6) is 0 Å². The van der Waals surface area contributed by atoms with Crippen LogP contribution in [0, 0.1) is 5.92 Å². The van der Waals surface area contributed by atoms with Crippen molar-refractivity contribution in [3.8, 4) is 0 Å². The molecule has 1 fully saturated rings. The lowest BCUT2D eigenvalue weighted by Gasteiger charge is -2.31. The van der Waals surface area contributed by atoms with Crippen molar-refractivity contribution in [3.05, 3.63) is 58.6 Å². The summed E-state index contributed by atoms with van der Waals surface area (Å²) >= 11 is 13.5. The minimum atomic E-state index is -0.0655. The van der Waals surface area contributed by atoms with Gasteiger partial charge in [-0.05, 0) is 43.2 Å². The molecule has 0 atom stereocenters. The van der Waals surface area contributed by atoms with Gasteiger partial charge in [0.15, 0.2) is 0 Å². The molecule has 0 unspecified atom stereocenters. The van der Waals surface area contributed by atoms with Gasteiger partial charge in [-0.1, -0.05) is 41.4 Å². The maximum atomic E-state index is 12.5. The Balaban J connectivity index is 1.46. The fraction of sp³-hybridized carbons (Fsp3) is 0.300. The Morgan fingerprint density at radius 1 is 1.07 bits per heavy atom. The molecule has 0 bridgehead atoms. The van der Waals surface area contributed by atoms with Crippen molar-refractivity contribution in [2.75, 3.05) is 24.2 Å². The lowest BCUT2D eigenvalue weighted by molar-refractivity contribution is -0.132. The Hall–Kier alpha value is -1.69. The van der Waals surface area contributed by atoms with E-state index in [1.165, 1.54) is 11.8 Å². The van der Waals surface area contributed by atoms with Crippen molar-refractivity contribution >= 4 is 52.5 Å². The van der Waals surface area contributed by atoms with Gasteiger partial charge < -0.3 is 10.2 Å². The van der Waals surface area contributed by atoms with E-state index in [0.29, 0.717) is 41.7 Å². The van der Waals surface area contributed by atoms with Crippen molar-refractivity contribution < 1.29 is 9.59 Å². The van der Waals surface area contributed by atoms with Gasteiger partial charge in [0.05, 0.1) is 10.8 Å². The van der Waals surface area contributed by atoms with Gasteiger partial charge in [0.25, 0.3) is 0 Å². The number of carbonyl (C=O) groups excluding carboxylic acids is 2. The van der Waals surface area contributed by atoms with Crippen LogP contribution in [0.4, 0.5) is 5.69 Å². The van der Waals surface area contributed by atoms with Crippen LogP contribution in [0.3, 0.4) is 0 Å². The number of carbonyl (C=O) groups is 2. The number of nitrogens with one attached hydrogen (secondary N) is 1. The molecular weight excluding hydrogens is 403 g/mol. The van der Waals surface area contributed by atoms with E-state index >= 15 is 0 Å². The van der Waals surface area contributed by atoms with Gasteiger partial charge in [0.1, 0.15) is 0 Å². The van der Waals surface area contributed by atoms with Crippen LogP contribution in [0.2, 0.25) is 10.0 Å². The summed E-state index contributed by atoms with van der Waals surface area (Å²) in [4.78, 5) is 27.5. The van der Waals surface area contributed by atoms with Crippen LogP contribution < -0.4 is 5.32 Å². The molecule has 0 aromatic heterocycles. The molecule has 1 saturated heterocycles. The summed E-state index contributed by atoms with van der Waals surface area (Å²) in [6.45, 7) is 1.19. The van der Waals surface area contributed by atoms with Crippen LogP contribution in [-0.2, 0) is 9.59 Å². The molecule has 1 heterocycles. The first-order chi connectivity index (χ1) is 13.0. The van der Waals surface area contributed by atoms with Gasteiger partial charge in [-0.2, -0.15) is 0 Å². The minimum Gasteiger partial charge on any atom is -0.342 e. The molecule has 7 heteroatoms. The summed E-state index contributed by atoms with van der Waals surface area (Å²) in [7, 11) is 0. The number of nitrogens with zero attached hydrogens (tertiary/aromatic N) is 1. The van der Waals surface area contributed by atoms with Gasteiger partial charge >= 0.3 is 0 Å². The Morgan fingerprint density at radius 3 is 2.48 bits per heavy atom. The molecule has 142 valence electrons. The Morgan fingerprint density at radius 2 is 1.78 bits per heavy atom. The van der Waals surface area contributed by atoms with Gasteiger partial charge in [-0.15, -0.1) is 11.8 Å². The molecule has 4 nitrogen and oxygen atoms in total. The van der Waals surface area contributed by atoms with E-state index in [2.05, 4.69) is 5.32 Å². The zero-order valence-electron chi connectivity index (χ0n) is 14.7. The normalized spacial score (nSPS) is 14.8. The summed E-state index contributed by atoms with van der Waals surface area (Å²) < 4.78 is 0. The monoisotopic (exact) mass is 422 g/mol. The molecular formula is C20H20Cl2N2O2S. The second kappa shape index (κ2) is 9.49. The second-order valence-electron chi connectivity index (χ2n) is 6.37. The summed E-state index contributed by atoms with van der Waals surface area (Å²) in [6, 6.07) is 14.6. The van der Waals surface area contributed by atoms with Crippen molar-refractivity contribution in [1.29, 1.82) is 0 Å². The quantitative estimate of drug-likeness (QED) is 0.692. The zero-order valence-corrected chi connectivity index (χ0v) is 17.0. The zero-order chi connectivity index (χ0) is 19.2. The number of rotatable bonds is 5. The third-order valence-electron chi connectivity index (χ3n) is 4.50. The highest BCUT2D eigenvalue weighted by Crippen LogP contribution is 2.30. The van der Waals surface area contributed by atoms with Crippen LogP contribution in [0.1, 0.15) is 12.8 Å². The Labute approximate surface area is 173 Å². The van der Waals surface area contributed by atoms with E-state index in [-0.39, 0.29) is 17.7 Å². The second-order valence-corrected chi connectivity index (χ2v) is 8.23. The van der Waals surface area contributed by atoms with E-state index < -0.39 is 0 Å². The molecule has 0 spiro atoms. The number of piperidine rings is 1. The maximum Gasteiger partial charge on any atom is 0.232 e. The average molecular weight is 423 g/mol. The Kier molecular flexibility index (Phi) is 7.05. The van der Waals surface area contributed by atoms with Crippen LogP contribution in [0.15, 0.2) is 53.4 Å². The van der Waals surface area contributed by atoms with Crippen molar-refractivity contribution in [1.82, 2.24) is 4.90 Å². The molecule has 2 amide bonds. The fourth-order valence-electron chi connectivity index (χ4n) is 2.98. The van der Waals surface area contributed by atoms with E-state index in [9.17, 15) is 9.59 Å². The SMILES string of the molecule is O=C(Nc1ccccc1)C1CCN(C(=O)CSc2cc(Cl)ccc2Cl)CC1. The molecule has 2 aromatic carbocycles. The number of amides is 2. The van der Waals surface area contributed by atoms with Crippen LogP contribution in [-0.4, -0.2) is 35.6 Å². The number of likely N-dealkylation sites (tertiary alicyclic amines) is 1. The molecule has 0 radical (unpaired) electrons. The van der Waals surface area contributed by atoms with E-state index in [4.69, 9.17) is 23.2 Å². The van der Waals surface area contributed by atoms with Crippen LogP contribution in [0.25, 0.3) is 0 Å². The predicted molar refractivity (Wildman–Crippen MR) is 112 cm³/mol. The smallest absolute Gasteiger partial charge is 0.232 e. The van der Waals surface area contributed by atoms with Gasteiger partial charge in [-0.25, -0.2) is 0 Å². The molecule has 27 heavy (non-hydrogen) atoms. The van der Waals surface area contributed by atoms with Crippen molar-refractivity contribution in [2.45, 2.75) is 17.7 Å². The van der Waals surface area contributed by atoms with Crippen molar-refractivity contribution in [2.24, 2.45) is 5.92 Å². The number of benzene rings is 2. The molecule has 2 aromatic rings. The molecule has 0 saturated carbocycles. The van der Waals surface area contributed by atoms with E-state index in [1.807, 2.05) is 35.2 Å². The number of anilines is 1. The molecule has 1 aliphatic heterocycles. The summed E-state index contributed by atoms with van der Waals surface area (Å²) in [5.74, 6) is 0.316. The number of para-hydroxylation sites is 1. The third kappa shape index (κ3) is 5.64. The number of hydrogen-bond donors (Lipinski definition) is 1. The fourth-order valence-corrected chi connectivity index (χ4v) is 4.37. The Bertz CT molecular complexity index is 809. The molecule has 0 aliphatic carbocycles. The summed E-state index contributed by atoms with van der Waals surface area (Å²) in [5, 5.41) is 4.13. The molecule has 3 rings (SSSR count).